The Morgan fingerprint density at radius 2 is 1.64 bits per heavy atom. The highest BCUT2D eigenvalue weighted by Gasteiger charge is 2.32. The van der Waals surface area contributed by atoms with Crippen LogP contribution in [0.15, 0.2) is 24.3 Å². The van der Waals surface area contributed by atoms with E-state index in [1.165, 1.54) is 0 Å². The summed E-state index contributed by atoms with van der Waals surface area (Å²) in [6.07, 6.45) is 8.50. The molecule has 0 saturated carbocycles. The topological polar surface area (TPSA) is 76.0 Å². The van der Waals surface area contributed by atoms with Gasteiger partial charge in [0.1, 0.15) is 6.61 Å². The van der Waals surface area contributed by atoms with Gasteiger partial charge in [0.25, 0.3) is 0 Å². The molecule has 0 aliphatic rings. The first-order valence-corrected chi connectivity index (χ1v) is 7.82. The molecule has 2 N–H and O–H groups in total. The summed E-state index contributed by atoms with van der Waals surface area (Å²) in [7, 11) is 0. The lowest BCUT2D eigenvalue weighted by molar-refractivity contribution is -0.0434. The molecule has 0 aliphatic heterocycles. The maximum absolute atomic E-state index is 12.0. The van der Waals surface area contributed by atoms with Gasteiger partial charge in [0.15, 0.2) is 5.60 Å². The van der Waals surface area contributed by atoms with Crippen molar-refractivity contribution in [1.29, 1.82) is 0 Å². The number of ether oxygens (including phenoxy) is 2. The van der Waals surface area contributed by atoms with Crippen LogP contribution in [0.3, 0.4) is 0 Å². The minimum Gasteiger partial charge on any atom is -0.433 e. The Kier molecular flexibility index (Phi) is 9.78. The van der Waals surface area contributed by atoms with Crippen molar-refractivity contribution in [2.45, 2.75) is 52.6 Å². The normalized spacial score (nSPS) is 15.2. The van der Waals surface area contributed by atoms with Gasteiger partial charge in [0, 0.05) is 0 Å². The molecule has 0 bridgehead atoms. The molecule has 0 amide bonds. The highest BCUT2D eigenvalue weighted by Crippen LogP contribution is 2.25. The molecule has 0 aromatic carbocycles. The van der Waals surface area contributed by atoms with E-state index >= 15 is 0 Å². The van der Waals surface area contributed by atoms with E-state index in [1.807, 2.05) is 52.0 Å². The third-order valence-electron chi connectivity index (χ3n) is 3.73. The van der Waals surface area contributed by atoms with Crippen LogP contribution < -0.4 is 0 Å². The number of carbonyl (C=O) groups is 1. The number of rotatable bonds is 10. The van der Waals surface area contributed by atoms with E-state index in [0.717, 1.165) is 6.42 Å². The predicted molar refractivity (Wildman–Crippen MR) is 86.6 cm³/mol. The van der Waals surface area contributed by atoms with E-state index in [0.29, 0.717) is 12.8 Å². The van der Waals surface area contributed by atoms with Crippen molar-refractivity contribution >= 4 is 6.16 Å². The zero-order valence-corrected chi connectivity index (χ0v) is 14.2. The average molecular weight is 314 g/mol. The van der Waals surface area contributed by atoms with Gasteiger partial charge < -0.3 is 19.7 Å². The first kappa shape index (κ1) is 20.7. The third kappa shape index (κ3) is 6.20. The summed E-state index contributed by atoms with van der Waals surface area (Å²) in [4.78, 5) is 12.0. The highest BCUT2D eigenvalue weighted by atomic mass is 16.7. The van der Waals surface area contributed by atoms with Crippen LogP contribution in [0, 0.1) is 5.41 Å². The van der Waals surface area contributed by atoms with Gasteiger partial charge in [0.2, 0.25) is 0 Å². The maximum atomic E-state index is 12.0. The zero-order chi connectivity index (χ0) is 17.1. The molecule has 0 fully saturated rings. The fourth-order valence-electron chi connectivity index (χ4n) is 2.16. The SMILES string of the molecule is CC=CC(C=CC)(CCC)OC(=O)OCC(CC)(CO)CO. The molecule has 5 heteroatoms. The smallest absolute Gasteiger partial charge is 0.433 e. The van der Waals surface area contributed by atoms with Crippen LogP contribution >= 0.6 is 0 Å². The number of aliphatic hydroxyl groups is 2. The summed E-state index contributed by atoms with van der Waals surface area (Å²) in [5.41, 5.74) is -1.64. The first-order valence-electron chi connectivity index (χ1n) is 7.82. The predicted octanol–water partition coefficient (Wildman–Crippen LogP) is 3.21. The van der Waals surface area contributed by atoms with Gasteiger partial charge in [-0.3, -0.25) is 0 Å². The Bertz CT molecular complexity index is 349. The Morgan fingerprint density at radius 3 is 2.00 bits per heavy atom. The Labute approximate surface area is 133 Å². The monoisotopic (exact) mass is 314 g/mol. The van der Waals surface area contributed by atoms with Crippen molar-refractivity contribution < 1.29 is 24.5 Å². The molecule has 0 aromatic heterocycles. The van der Waals surface area contributed by atoms with Crippen LogP contribution in [0.1, 0.15) is 47.0 Å². The van der Waals surface area contributed by atoms with E-state index in [-0.39, 0.29) is 19.8 Å². The molecule has 0 rings (SSSR count). The Balaban J connectivity index is 4.90. The average Bonchev–Trinajstić information content (AvgIpc) is 2.50. The summed E-state index contributed by atoms with van der Waals surface area (Å²) in [6, 6.07) is 0. The van der Waals surface area contributed by atoms with Crippen molar-refractivity contribution in [2.75, 3.05) is 19.8 Å². The molecule has 128 valence electrons. The van der Waals surface area contributed by atoms with Gasteiger partial charge in [-0.2, -0.15) is 0 Å². The lowest BCUT2D eigenvalue weighted by Gasteiger charge is -2.30. The number of allylic oxidation sites excluding steroid dienone is 2. The quantitative estimate of drug-likeness (QED) is 0.478. The molecule has 0 heterocycles. The van der Waals surface area contributed by atoms with Crippen molar-refractivity contribution in [3.63, 3.8) is 0 Å². The second kappa shape index (κ2) is 10.4. The van der Waals surface area contributed by atoms with Crippen LogP contribution in [0.2, 0.25) is 0 Å². The van der Waals surface area contributed by atoms with Crippen molar-refractivity contribution in [3.05, 3.63) is 24.3 Å². The Hall–Kier alpha value is -1.33. The van der Waals surface area contributed by atoms with E-state index in [9.17, 15) is 15.0 Å². The molecular weight excluding hydrogens is 284 g/mol. The molecule has 0 atom stereocenters. The lowest BCUT2D eigenvalue weighted by Crippen LogP contribution is -2.37. The maximum Gasteiger partial charge on any atom is 0.509 e. The van der Waals surface area contributed by atoms with Gasteiger partial charge in [-0.15, -0.1) is 0 Å². The summed E-state index contributed by atoms with van der Waals surface area (Å²) >= 11 is 0. The molecular formula is C17H30O5. The Morgan fingerprint density at radius 1 is 1.09 bits per heavy atom. The fourth-order valence-corrected chi connectivity index (χ4v) is 2.16. The van der Waals surface area contributed by atoms with Crippen LogP contribution in [0.4, 0.5) is 4.79 Å². The van der Waals surface area contributed by atoms with Gasteiger partial charge >= 0.3 is 6.16 Å². The second-order valence-electron chi connectivity index (χ2n) is 5.52. The third-order valence-corrected chi connectivity index (χ3v) is 3.73. The number of carbonyl (C=O) groups excluding carboxylic acids is 1. The largest absolute Gasteiger partial charge is 0.509 e. The van der Waals surface area contributed by atoms with E-state index < -0.39 is 17.2 Å². The van der Waals surface area contributed by atoms with Crippen molar-refractivity contribution in [2.24, 2.45) is 5.41 Å². The van der Waals surface area contributed by atoms with Gasteiger partial charge in [-0.25, -0.2) is 4.79 Å². The minimum absolute atomic E-state index is 0.0801. The lowest BCUT2D eigenvalue weighted by atomic mass is 9.88. The van der Waals surface area contributed by atoms with Crippen LogP contribution in [0.25, 0.3) is 0 Å². The minimum atomic E-state index is -0.826. The summed E-state index contributed by atoms with van der Waals surface area (Å²) < 4.78 is 10.6. The summed E-state index contributed by atoms with van der Waals surface area (Å²) in [5, 5.41) is 18.7. The summed E-state index contributed by atoms with van der Waals surface area (Å²) in [5.74, 6) is 0. The standard InChI is InChI=1S/C17H30O5/c1-5-9-17(10-6-2,11-7-3)22-15(20)21-14-16(8-4,12-18)13-19/h5-6,9-10,18-19H,7-8,11-14H2,1-4H3. The molecule has 0 aliphatic carbocycles. The summed E-state index contributed by atoms with van der Waals surface area (Å²) in [6.45, 7) is 6.97. The zero-order valence-electron chi connectivity index (χ0n) is 14.2. The molecule has 5 nitrogen and oxygen atoms in total. The fraction of sp³-hybridized carbons (Fsp3) is 0.706. The first-order chi connectivity index (χ1) is 10.5. The van der Waals surface area contributed by atoms with Gasteiger partial charge in [-0.05, 0) is 38.8 Å². The highest BCUT2D eigenvalue weighted by molar-refractivity contribution is 5.61. The van der Waals surface area contributed by atoms with E-state index in [4.69, 9.17) is 9.47 Å². The van der Waals surface area contributed by atoms with E-state index in [2.05, 4.69) is 0 Å². The van der Waals surface area contributed by atoms with Crippen LogP contribution in [-0.2, 0) is 9.47 Å². The molecule has 0 spiro atoms. The van der Waals surface area contributed by atoms with E-state index in [1.54, 1.807) is 0 Å². The van der Waals surface area contributed by atoms with Gasteiger partial charge in [-0.1, -0.05) is 32.4 Å². The number of hydrogen-bond donors (Lipinski definition) is 2. The van der Waals surface area contributed by atoms with Crippen LogP contribution in [0.5, 0.6) is 0 Å². The second-order valence-corrected chi connectivity index (χ2v) is 5.52. The molecule has 0 aromatic rings. The molecule has 0 saturated heterocycles. The van der Waals surface area contributed by atoms with Crippen LogP contribution in [-0.4, -0.2) is 41.8 Å². The number of aliphatic hydroxyl groups excluding tert-OH is 2. The molecule has 22 heavy (non-hydrogen) atoms. The van der Waals surface area contributed by atoms with Gasteiger partial charge in [0.05, 0.1) is 18.6 Å². The molecule has 0 radical (unpaired) electrons. The van der Waals surface area contributed by atoms with Crippen molar-refractivity contribution in [3.8, 4) is 0 Å². The van der Waals surface area contributed by atoms with Crippen molar-refractivity contribution in [1.82, 2.24) is 0 Å². The number of hydrogen-bond acceptors (Lipinski definition) is 5. The molecule has 0 unspecified atom stereocenters.